The second kappa shape index (κ2) is 5.96. The van der Waals surface area contributed by atoms with Gasteiger partial charge in [0.2, 0.25) is 0 Å². The zero-order valence-electron chi connectivity index (χ0n) is 11.9. The van der Waals surface area contributed by atoms with Gasteiger partial charge in [-0.2, -0.15) is 0 Å². The summed E-state index contributed by atoms with van der Waals surface area (Å²) in [7, 11) is 0. The number of rotatable bonds is 4. The molecule has 5 nitrogen and oxygen atoms in total. The molecule has 2 N–H and O–H groups in total. The van der Waals surface area contributed by atoms with Crippen LogP contribution in [0.4, 0.5) is 9.18 Å². The van der Waals surface area contributed by atoms with Crippen molar-refractivity contribution in [2.24, 2.45) is 0 Å². The summed E-state index contributed by atoms with van der Waals surface area (Å²) in [4.78, 5) is 11.8. The summed E-state index contributed by atoms with van der Waals surface area (Å²) in [6.07, 6.45) is 0.789. The van der Waals surface area contributed by atoms with Crippen molar-refractivity contribution in [3.8, 4) is 0 Å². The van der Waals surface area contributed by atoms with Gasteiger partial charge < -0.3 is 15.2 Å². The Kier molecular flexibility index (Phi) is 4.02. The molecule has 2 aromatic rings. The Balaban J connectivity index is 1.48. The SMILES string of the molecule is Cc1cc(CNC(=O)N[C@@H]2C[C@H]2c2ccc(Cl)c(F)c2)no1. The fourth-order valence-corrected chi connectivity index (χ4v) is 2.48. The van der Waals surface area contributed by atoms with Gasteiger partial charge in [-0.25, -0.2) is 9.18 Å². The molecule has 2 atom stereocenters. The molecule has 1 aliphatic rings. The average molecular weight is 324 g/mol. The van der Waals surface area contributed by atoms with Crippen molar-refractivity contribution in [3.05, 3.63) is 52.1 Å². The Labute approximate surface area is 131 Å². The molecule has 0 saturated heterocycles. The third-order valence-electron chi connectivity index (χ3n) is 3.59. The Morgan fingerprint density at radius 3 is 3.00 bits per heavy atom. The topological polar surface area (TPSA) is 67.2 Å². The Morgan fingerprint density at radius 1 is 1.50 bits per heavy atom. The molecule has 116 valence electrons. The molecule has 1 aromatic carbocycles. The van der Waals surface area contributed by atoms with Crippen LogP contribution in [0, 0.1) is 12.7 Å². The largest absolute Gasteiger partial charge is 0.361 e. The number of carbonyl (C=O) groups is 1. The van der Waals surface area contributed by atoms with E-state index in [1.54, 1.807) is 19.1 Å². The minimum atomic E-state index is -0.435. The molecule has 3 rings (SSSR count). The maximum absolute atomic E-state index is 13.4. The summed E-state index contributed by atoms with van der Waals surface area (Å²) >= 11 is 5.66. The van der Waals surface area contributed by atoms with Crippen LogP contribution in [0.5, 0.6) is 0 Å². The van der Waals surface area contributed by atoms with E-state index in [1.807, 2.05) is 0 Å². The standard InChI is InChI=1S/C15H15ClFN3O2/c1-8-4-10(20-22-8)7-18-15(21)19-14-6-11(14)9-2-3-12(16)13(17)5-9/h2-5,11,14H,6-7H2,1H3,(H2,18,19,21)/t11-,14+/m0/s1. The monoisotopic (exact) mass is 323 g/mol. The zero-order chi connectivity index (χ0) is 15.7. The van der Waals surface area contributed by atoms with E-state index in [9.17, 15) is 9.18 Å². The second-order valence-electron chi connectivity index (χ2n) is 5.38. The van der Waals surface area contributed by atoms with Crippen molar-refractivity contribution in [2.45, 2.75) is 31.8 Å². The highest BCUT2D eigenvalue weighted by molar-refractivity contribution is 6.30. The highest BCUT2D eigenvalue weighted by atomic mass is 35.5. The molecule has 0 aliphatic heterocycles. The third kappa shape index (κ3) is 3.39. The molecule has 0 unspecified atom stereocenters. The molecule has 1 aromatic heterocycles. The average Bonchev–Trinajstić information content (AvgIpc) is 3.11. The molecule has 7 heteroatoms. The first-order chi connectivity index (χ1) is 10.5. The van der Waals surface area contributed by atoms with Crippen LogP contribution in [-0.2, 0) is 6.54 Å². The van der Waals surface area contributed by atoms with Crippen LogP contribution in [0.1, 0.15) is 29.4 Å². The molecule has 0 spiro atoms. The van der Waals surface area contributed by atoms with Gasteiger partial charge in [-0.1, -0.05) is 22.8 Å². The summed E-state index contributed by atoms with van der Waals surface area (Å²) in [6.45, 7) is 2.09. The Bertz CT molecular complexity index is 704. The van der Waals surface area contributed by atoms with Crippen LogP contribution in [0.25, 0.3) is 0 Å². The first kappa shape index (κ1) is 14.8. The molecule has 22 heavy (non-hydrogen) atoms. The smallest absolute Gasteiger partial charge is 0.315 e. The lowest BCUT2D eigenvalue weighted by molar-refractivity contribution is 0.239. The number of halogens is 2. The molecule has 1 saturated carbocycles. The van der Waals surface area contributed by atoms with Crippen LogP contribution < -0.4 is 10.6 Å². The number of urea groups is 1. The van der Waals surface area contributed by atoms with Gasteiger partial charge in [0.05, 0.1) is 11.6 Å². The normalized spacial score (nSPS) is 19.8. The van der Waals surface area contributed by atoms with Crippen molar-refractivity contribution in [2.75, 3.05) is 0 Å². The predicted molar refractivity (Wildman–Crippen MR) is 79.2 cm³/mol. The molecular formula is C15H15ClFN3O2. The highest BCUT2D eigenvalue weighted by Crippen LogP contribution is 2.41. The first-order valence-electron chi connectivity index (χ1n) is 6.94. The van der Waals surface area contributed by atoms with Crippen LogP contribution in [0.3, 0.4) is 0 Å². The number of hydrogen-bond donors (Lipinski definition) is 2. The first-order valence-corrected chi connectivity index (χ1v) is 7.32. The van der Waals surface area contributed by atoms with Crippen molar-refractivity contribution in [1.29, 1.82) is 0 Å². The highest BCUT2D eigenvalue weighted by Gasteiger charge is 2.39. The molecule has 2 amide bonds. The van der Waals surface area contributed by atoms with Gasteiger partial charge in [-0.05, 0) is 31.0 Å². The van der Waals surface area contributed by atoms with E-state index >= 15 is 0 Å². The molecule has 0 bridgehead atoms. The summed E-state index contributed by atoms with van der Waals surface area (Å²) in [6, 6.07) is 6.24. The quantitative estimate of drug-likeness (QED) is 0.908. The molecule has 0 radical (unpaired) electrons. The minimum absolute atomic E-state index is 0.0135. The second-order valence-corrected chi connectivity index (χ2v) is 5.79. The zero-order valence-corrected chi connectivity index (χ0v) is 12.7. The van der Waals surface area contributed by atoms with Gasteiger partial charge in [0.1, 0.15) is 17.3 Å². The summed E-state index contributed by atoms with van der Waals surface area (Å²) in [5, 5.41) is 9.46. The van der Waals surface area contributed by atoms with Gasteiger partial charge in [0, 0.05) is 18.0 Å². The number of aryl methyl sites for hydroxylation is 1. The number of carbonyl (C=O) groups excluding carboxylic acids is 1. The Hall–Kier alpha value is -2.08. The number of nitrogens with one attached hydrogen (secondary N) is 2. The van der Waals surface area contributed by atoms with Gasteiger partial charge in [-0.15, -0.1) is 0 Å². The molecule has 1 aliphatic carbocycles. The van der Waals surface area contributed by atoms with E-state index < -0.39 is 5.82 Å². The fraction of sp³-hybridized carbons (Fsp3) is 0.333. The van der Waals surface area contributed by atoms with E-state index in [1.165, 1.54) is 12.1 Å². The van der Waals surface area contributed by atoms with Gasteiger partial charge in [0.15, 0.2) is 0 Å². The number of amides is 2. The van der Waals surface area contributed by atoms with Crippen molar-refractivity contribution in [3.63, 3.8) is 0 Å². The van der Waals surface area contributed by atoms with E-state index in [2.05, 4.69) is 15.8 Å². The van der Waals surface area contributed by atoms with Crippen LogP contribution in [0.15, 0.2) is 28.8 Å². The van der Waals surface area contributed by atoms with Crippen molar-refractivity contribution >= 4 is 17.6 Å². The minimum Gasteiger partial charge on any atom is -0.361 e. The fourth-order valence-electron chi connectivity index (χ4n) is 2.36. The number of hydrogen-bond acceptors (Lipinski definition) is 3. The maximum atomic E-state index is 13.4. The van der Waals surface area contributed by atoms with Crippen LogP contribution in [0.2, 0.25) is 5.02 Å². The number of nitrogens with zero attached hydrogens (tertiary/aromatic N) is 1. The summed E-state index contributed by atoms with van der Waals surface area (Å²) in [5.74, 6) is 0.395. The lowest BCUT2D eigenvalue weighted by Crippen LogP contribution is -2.37. The molecule has 1 fully saturated rings. The van der Waals surface area contributed by atoms with Gasteiger partial charge >= 0.3 is 6.03 Å². The summed E-state index contributed by atoms with van der Waals surface area (Å²) < 4.78 is 18.3. The van der Waals surface area contributed by atoms with E-state index in [0.29, 0.717) is 18.0 Å². The van der Waals surface area contributed by atoms with E-state index in [-0.39, 0.29) is 23.0 Å². The maximum Gasteiger partial charge on any atom is 0.315 e. The Morgan fingerprint density at radius 2 is 2.32 bits per heavy atom. The predicted octanol–water partition coefficient (Wildman–Crippen LogP) is 3.13. The summed E-state index contributed by atoms with van der Waals surface area (Å²) in [5.41, 5.74) is 1.51. The third-order valence-corrected chi connectivity index (χ3v) is 3.89. The van der Waals surface area contributed by atoms with Gasteiger partial charge in [0.25, 0.3) is 0 Å². The van der Waals surface area contributed by atoms with E-state index in [0.717, 1.165) is 12.0 Å². The molecule has 1 heterocycles. The lowest BCUT2D eigenvalue weighted by atomic mass is 10.1. The number of aromatic nitrogens is 1. The van der Waals surface area contributed by atoms with Crippen LogP contribution in [-0.4, -0.2) is 17.2 Å². The van der Waals surface area contributed by atoms with E-state index in [4.69, 9.17) is 16.1 Å². The van der Waals surface area contributed by atoms with Crippen molar-refractivity contribution < 1.29 is 13.7 Å². The van der Waals surface area contributed by atoms with Gasteiger partial charge in [-0.3, -0.25) is 0 Å². The van der Waals surface area contributed by atoms with Crippen LogP contribution >= 0.6 is 11.6 Å². The lowest BCUT2D eigenvalue weighted by Gasteiger charge is -2.06. The number of benzene rings is 1. The molecular weight excluding hydrogens is 309 g/mol. The van der Waals surface area contributed by atoms with Crippen molar-refractivity contribution in [1.82, 2.24) is 15.8 Å².